The lowest BCUT2D eigenvalue weighted by Crippen LogP contribution is -2.26. The first-order valence-corrected chi connectivity index (χ1v) is 5.76. The number of nitrogens with one attached hydrogen (secondary N) is 2. The number of hydrogen-bond donors (Lipinski definition) is 2. The Morgan fingerprint density at radius 3 is 2.47 bits per heavy atom. The highest BCUT2D eigenvalue weighted by Crippen LogP contribution is 2.16. The minimum Gasteiger partial charge on any atom is -0.456 e. The van der Waals surface area contributed by atoms with E-state index >= 15 is 0 Å². The molecule has 1 heterocycles. The summed E-state index contributed by atoms with van der Waals surface area (Å²) < 4.78 is 5.24. The second-order valence-electron chi connectivity index (χ2n) is 5.14. The summed E-state index contributed by atoms with van der Waals surface area (Å²) >= 11 is 0. The largest absolute Gasteiger partial charge is 0.456 e. The zero-order chi connectivity index (χ0) is 14.2. The third-order valence-electron chi connectivity index (χ3n) is 2.39. The summed E-state index contributed by atoms with van der Waals surface area (Å²) in [5, 5.41) is 0.239. The number of aromatic nitrogens is 2. The first kappa shape index (κ1) is 13.1. The minimum atomic E-state index is -0.659. The number of hydrogen-bond acceptors (Lipinski definition) is 4. The molecular weight excluding hydrogens is 248 g/mol. The third-order valence-corrected chi connectivity index (χ3v) is 2.39. The van der Waals surface area contributed by atoms with Crippen molar-refractivity contribution in [2.45, 2.75) is 26.4 Å². The Hall–Kier alpha value is -2.37. The number of fused-ring (bicyclic) bond motifs is 1. The van der Waals surface area contributed by atoms with Crippen LogP contribution in [0.25, 0.3) is 10.9 Å². The van der Waals surface area contributed by atoms with E-state index in [4.69, 9.17) is 4.74 Å². The molecule has 0 bridgehead atoms. The van der Waals surface area contributed by atoms with Crippen LogP contribution < -0.4 is 11.2 Å². The van der Waals surface area contributed by atoms with Crippen molar-refractivity contribution in [3.63, 3.8) is 0 Å². The van der Waals surface area contributed by atoms with Crippen LogP contribution in [0.4, 0.5) is 0 Å². The first-order valence-electron chi connectivity index (χ1n) is 5.76. The van der Waals surface area contributed by atoms with Crippen molar-refractivity contribution in [2.75, 3.05) is 0 Å². The number of benzene rings is 1. The molecule has 0 aliphatic heterocycles. The van der Waals surface area contributed by atoms with Crippen molar-refractivity contribution in [1.82, 2.24) is 9.97 Å². The maximum atomic E-state index is 12.0. The normalized spacial score (nSPS) is 11.5. The number of ether oxygens (including phenoxy) is 1. The van der Waals surface area contributed by atoms with E-state index < -0.39 is 22.8 Å². The Labute approximate surface area is 108 Å². The van der Waals surface area contributed by atoms with Crippen molar-refractivity contribution < 1.29 is 9.53 Å². The zero-order valence-corrected chi connectivity index (χ0v) is 10.9. The number of esters is 1. The molecule has 0 atom stereocenters. The summed E-state index contributed by atoms with van der Waals surface area (Å²) in [6.45, 7) is 5.22. The number of para-hydroxylation sites is 1. The van der Waals surface area contributed by atoms with Gasteiger partial charge in [0.2, 0.25) is 0 Å². The Balaban J connectivity index is 2.65. The molecule has 2 aromatic rings. The third kappa shape index (κ3) is 2.73. The van der Waals surface area contributed by atoms with Crippen LogP contribution in [0, 0.1) is 0 Å². The molecule has 0 saturated carbocycles. The smallest absolute Gasteiger partial charge is 0.340 e. The van der Waals surface area contributed by atoms with Gasteiger partial charge in [-0.2, -0.15) is 0 Å². The average molecular weight is 262 g/mol. The van der Waals surface area contributed by atoms with Gasteiger partial charge in [-0.1, -0.05) is 6.07 Å². The molecule has 100 valence electrons. The Kier molecular flexibility index (Phi) is 3.01. The lowest BCUT2D eigenvalue weighted by molar-refractivity contribution is 0.00716. The molecule has 0 fully saturated rings. The zero-order valence-electron chi connectivity index (χ0n) is 10.9. The molecule has 2 N–H and O–H groups in total. The van der Waals surface area contributed by atoms with E-state index in [0.717, 1.165) is 0 Å². The van der Waals surface area contributed by atoms with Gasteiger partial charge in [0, 0.05) is 0 Å². The van der Waals surface area contributed by atoms with E-state index in [2.05, 4.69) is 9.97 Å². The Bertz CT molecular complexity index is 750. The van der Waals surface area contributed by atoms with Gasteiger partial charge in [0.15, 0.2) is 0 Å². The summed E-state index contributed by atoms with van der Waals surface area (Å²) in [7, 11) is 0. The van der Waals surface area contributed by atoms with Gasteiger partial charge in [-0.3, -0.25) is 9.78 Å². The van der Waals surface area contributed by atoms with Gasteiger partial charge in [0.1, 0.15) is 5.60 Å². The fraction of sp³-hybridized carbons (Fsp3) is 0.308. The summed E-state index contributed by atoms with van der Waals surface area (Å²) in [4.78, 5) is 39.5. The number of carbonyl (C=O) groups excluding carboxylic acids is 1. The molecular formula is C13H14N2O4. The molecule has 0 amide bonds. The highest BCUT2D eigenvalue weighted by molar-refractivity contribution is 6.02. The molecule has 0 saturated heterocycles. The van der Waals surface area contributed by atoms with Crippen LogP contribution in [0.5, 0.6) is 0 Å². The van der Waals surface area contributed by atoms with Crippen molar-refractivity contribution in [1.29, 1.82) is 0 Å². The fourth-order valence-electron chi connectivity index (χ4n) is 1.69. The molecule has 1 aromatic heterocycles. The number of carbonyl (C=O) groups is 1. The molecule has 6 nitrogen and oxygen atoms in total. The van der Waals surface area contributed by atoms with Crippen LogP contribution in [0.15, 0.2) is 27.8 Å². The second kappa shape index (κ2) is 4.38. The van der Waals surface area contributed by atoms with E-state index in [0.29, 0.717) is 0 Å². The summed E-state index contributed by atoms with van der Waals surface area (Å²) in [5.74, 6) is -0.584. The number of aromatic amines is 2. The predicted octanol–water partition coefficient (Wildman–Crippen LogP) is 1.17. The van der Waals surface area contributed by atoms with Gasteiger partial charge in [0.05, 0.1) is 16.5 Å². The molecule has 2 rings (SSSR count). The van der Waals surface area contributed by atoms with Crippen LogP contribution in [-0.4, -0.2) is 21.5 Å². The lowest BCUT2D eigenvalue weighted by Gasteiger charge is -2.19. The maximum absolute atomic E-state index is 12.0. The molecule has 0 unspecified atom stereocenters. The quantitative estimate of drug-likeness (QED) is 0.754. The highest BCUT2D eigenvalue weighted by Gasteiger charge is 2.20. The number of rotatable bonds is 1. The van der Waals surface area contributed by atoms with Gasteiger partial charge in [-0.05, 0) is 32.9 Å². The highest BCUT2D eigenvalue weighted by atomic mass is 16.6. The molecule has 1 aromatic carbocycles. The van der Waals surface area contributed by atoms with E-state index in [-0.39, 0.29) is 16.5 Å². The van der Waals surface area contributed by atoms with Crippen LogP contribution in [-0.2, 0) is 4.74 Å². The standard InChI is InChI=1S/C13H14N2O4/c1-13(2,3)19-11(17)8-6-4-5-7-9(8)14-12(18)15-10(7)16/h4-6H,1-3H3,(H2,14,15,16,18). The summed E-state index contributed by atoms with van der Waals surface area (Å²) in [6.07, 6.45) is 0. The Morgan fingerprint density at radius 2 is 1.84 bits per heavy atom. The van der Waals surface area contributed by atoms with Crippen LogP contribution in [0.3, 0.4) is 0 Å². The second-order valence-corrected chi connectivity index (χ2v) is 5.14. The van der Waals surface area contributed by atoms with E-state index in [1.165, 1.54) is 12.1 Å². The van der Waals surface area contributed by atoms with Crippen LogP contribution >= 0.6 is 0 Å². The van der Waals surface area contributed by atoms with Crippen LogP contribution in [0.1, 0.15) is 31.1 Å². The van der Waals surface area contributed by atoms with E-state index in [1.807, 2.05) is 0 Å². The predicted molar refractivity (Wildman–Crippen MR) is 70.4 cm³/mol. The molecule has 6 heteroatoms. The van der Waals surface area contributed by atoms with E-state index in [9.17, 15) is 14.4 Å². The SMILES string of the molecule is CC(C)(C)OC(=O)c1cccc2c(=O)[nH]c(=O)[nH]c12. The van der Waals surface area contributed by atoms with Crippen LogP contribution in [0.2, 0.25) is 0 Å². The van der Waals surface area contributed by atoms with Crippen molar-refractivity contribution >= 4 is 16.9 Å². The Morgan fingerprint density at radius 1 is 1.16 bits per heavy atom. The lowest BCUT2D eigenvalue weighted by atomic mass is 10.1. The van der Waals surface area contributed by atoms with Crippen molar-refractivity contribution in [3.8, 4) is 0 Å². The monoisotopic (exact) mass is 262 g/mol. The topological polar surface area (TPSA) is 92.0 Å². The maximum Gasteiger partial charge on any atom is 0.340 e. The van der Waals surface area contributed by atoms with Gasteiger partial charge in [-0.15, -0.1) is 0 Å². The average Bonchev–Trinajstić information content (AvgIpc) is 2.25. The van der Waals surface area contributed by atoms with Gasteiger partial charge in [-0.25, -0.2) is 9.59 Å². The minimum absolute atomic E-state index is 0.163. The van der Waals surface area contributed by atoms with Gasteiger partial charge >= 0.3 is 11.7 Å². The molecule has 0 aliphatic rings. The molecule has 0 radical (unpaired) electrons. The summed E-state index contributed by atoms with van der Waals surface area (Å²) in [5.41, 5.74) is -1.50. The van der Waals surface area contributed by atoms with Gasteiger partial charge in [0.25, 0.3) is 5.56 Å². The number of H-pyrrole nitrogens is 2. The summed E-state index contributed by atoms with van der Waals surface area (Å²) in [6, 6.07) is 4.60. The molecule has 19 heavy (non-hydrogen) atoms. The van der Waals surface area contributed by atoms with Gasteiger partial charge < -0.3 is 9.72 Å². The molecule has 0 aliphatic carbocycles. The van der Waals surface area contributed by atoms with E-state index in [1.54, 1.807) is 26.8 Å². The fourth-order valence-corrected chi connectivity index (χ4v) is 1.69. The molecule has 0 spiro atoms. The first-order chi connectivity index (χ1) is 8.78. The van der Waals surface area contributed by atoms with Crippen molar-refractivity contribution in [2.24, 2.45) is 0 Å². The van der Waals surface area contributed by atoms with Crippen molar-refractivity contribution in [3.05, 3.63) is 44.6 Å².